The normalized spacial score (nSPS) is 17.6. The Labute approximate surface area is 209 Å². The first-order valence-electron chi connectivity index (χ1n) is 12.3. The number of benzene rings is 1. The van der Waals surface area contributed by atoms with Crippen LogP contribution in [-0.4, -0.2) is 67.5 Å². The van der Waals surface area contributed by atoms with E-state index in [1.54, 1.807) is 0 Å². The SMILES string of the molecule is C[Se]c1cc(-c2cn(Cc3cn4cc(CN5CCC6(CCC6)C5)ccc4n3)nn2)c2cn[nH]c2c1. The molecule has 0 bridgehead atoms. The number of H-pyrrole nitrogens is 1. The molecule has 5 heterocycles. The van der Waals surface area contributed by atoms with Crippen molar-refractivity contribution in [2.45, 2.75) is 44.6 Å². The van der Waals surface area contributed by atoms with Crippen LogP contribution >= 0.6 is 0 Å². The summed E-state index contributed by atoms with van der Waals surface area (Å²) in [6.07, 6.45) is 13.9. The van der Waals surface area contributed by atoms with Gasteiger partial charge in [-0.15, -0.1) is 0 Å². The van der Waals surface area contributed by atoms with Crippen LogP contribution in [0, 0.1) is 5.41 Å². The van der Waals surface area contributed by atoms with Crippen molar-refractivity contribution in [1.82, 2.24) is 39.5 Å². The van der Waals surface area contributed by atoms with Gasteiger partial charge in [-0.2, -0.15) is 0 Å². The Kier molecular flexibility index (Phi) is 5.05. The second kappa shape index (κ2) is 8.29. The molecule has 1 spiro atoms. The molecule has 1 saturated carbocycles. The topological polar surface area (TPSA) is 79.9 Å². The number of hydrogen-bond acceptors (Lipinski definition) is 5. The Balaban J connectivity index is 1.10. The van der Waals surface area contributed by atoms with E-state index in [2.05, 4.69) is 72.3 Å². The van der Waals surface area contributed by atoms with Crippen molar-refractivity contribution in [3.63, 3.8) is 0 Å². The van der Waals surface area contributed by atoms with Crippen LogP contribution in [-0.2, 0) is 13.1 Å². The fraction of sp³-hybridized carbons (Fsp3) is 0.385. The number of nitrogens with zero attached hydrogens (tertiary/aromatic N) is 7. The zero-order chi connectivity index (χ0) is 23.4. The fourth-order valence-corrected chi connectivity index (χ4v) is 6.77. The molecule has 0 radical (unpaired) electrons. The molecule has 1 saturated heterocycles. The monoisotopic (exact) mass is 532 g/mol. The van der Waals surface area contributed by atoms with E-state index in [4.69, 9.17) is 4.98 Å². The van der Waals surface area contributed by atoms with E-state index >= 15 is 0 Å². The van der Waals surface area contributed by atoms with Gasteiger partial charge in [0.15, 0.2) is 0 Å². The van der Waals surface area contributed by atoms with Gasteiger partial charge < -0.3 is 0 Å². The minimum atomic E-state index is 0.396. The molecule has 4 aromatic heterocycles. The van der Waals surface area contributed by atoms with E-state index in [1.165, 1.54) is 48.8 Å². The Morgan fingerprint density at radius 3 is 2.86 bits per heavy atom. The number of rotatable bonds is 6. The van der Waals surface area contributed by atoms with Crippen LogP contribution in [0.1, 0.15) is 36.9 Å². The summed E-state index contributed by atoms with van der Waals surface area (Å²) in [5.41, 5.74) is 6.93. The summed E-state index contributed by atoms with van der Waals surface area (Å²) in [5, 5.41) is 17.3. The molecule has 178 valence electrons. The molecule has 1 N–H and O–H groups in total. The standard InChI is InChI=1S/C26H28N8Se/c1-35-20-9-21(22-11-27-29-23(22)10-20)24-16-34(31-30-24)15-19-14-33-13-18(3-4-25(33)28-19)12-32-8-7-26(17-32)5-2-6-26/h3-4,9-11,13-14,16H,2,5-8,12,15,17H2,1H3,(H,27,29). The summed E-state index contributed by atoms with van der Waals surface area (Å²) in [5.74, 6) is 2.22. The molecule has 1 aromatic carbocycles. The first kappa shape index (κ1) is 21.3. The van der Waals surface area contributed by atoms with Crippen LogP contribution in [0.15, 0.2) is 49.1 Å². The Morgan fingerprint density at radius 1 is 1.09 bits per heavy atom. The van der Waals surface area contributed by atoms with E-state index < -0.39 is 0 Å². The average Bonchev–Trinajstić information content (AvgIpc) is 3.63. The molecule has 1 aliphatic carbocycles. The fourth-order valence-electron chi connectivity index (χ4n) is 5.79. The van der Waals surface area contributed by atoms with Gasteiger partial charge in [-0.3, -0.25) is 4.90 Å². The van der Waals surface area contributed by atoms with Gasteiger partial charge in [-0.05, 0) is 31.2 Å². The third-order valence-electron chi connectivity index (χ3n) is 7.81. The zero-order valence-electron chi connectivity index (χ0n) is 19.8. The second-order valence-electron chi connectivity index (χ2n) is 10.2. The van der Waals surface area contributed by atoms with Crippen LogP contribution in [0.3, 0.4) is 0 Å². The Hall–Kier alpha value is -3.00. The van der Waals surface area contributed by atoms with E-state index in [0.29, 0.717) is 26.9 Å². The maximum absolute atomic E-state index is 4.83. The van der Waals surface area contributed by atoms with Crippen LogP contribution in [0.4, 0.5) is 0 Å². The zero-order valence-corrected chi connectivity index (χ0v) is 21.5. The number of aromatic amines is 1. The van der Waals surface area contributed by atoms with Crippen molar-refractivity contribution in [1.29, 1.82) is 0 Å². The molecule has 35 heavy (non-hydrogen) atoms. The molecule has 2 aliphatic rings. The van der Waals surface area contributed by atoms with Crippen molar-refractivity contribution in [3.05, 3.63) is 60.3 Å². The minimum absolute atomic E-state index is 0.396. The van der Waals surface area contributed by atoms with Gasteiger partial charge in [0.25, 0.3) is 0 Å². The Bertz CT molecular complexity index is 1520. The Morgan fingerprint density at radius 2 is 2.03 bits per heavy atom. The predicted molar refractivity (Wildman–Crippen MR) is 137 cm³/mol. The molecule has 9 heteroatoms. The number of likely N-dealkylation sites (tertiary alicyclic amines) is 1. The predicted octanol–water partition coefficient (Wildman–Crippen LogP) is 3.27. The third kappa shape index (κ3) is 3.88. The number of nitrogens with one attached hydrogen (secondary N) is 1. The summed E-state index contributed by atoms with van der Waals surface area (Å²) in [7, 11) is 0. The number of imidazole rings is 1. The quantitative estimate of drug-likeness (QED) is 0.341. The van der Waals surface area contributed by atoms with Crippen LogP contribution in [0.5, 0.6) is 0 Å². The summed E-state index contributed by atoms with van der Waals surface area (Å²) in [4.78, 5) is 7.45. The molecule has 8 nitrogen and oxygen atoms in total. The van der Waals surface area contributed by atoms with E-state index in [1.807, 2.05) is 17.1 Å². The summed E-state index contributed by atoms with van der Waals surface area (Å²) < 4.78 is 5.34. The van der Waals surface area contributed by atoms with Crippen LogP contribution < -0.4 is 4.46 Å². The van der Waals surface area contributed by atoms with E-state index in [9.17, 15) is 0 Å². The van der Waals surface area contributed by atoms with Crippen molar-refractivity contribution in [2.24, 2.45) is 5.41 Å². The second-order valence-corrected chi connectivity index (χ2v) is 12.0. The average molecular weight is 532 g/mol. The number of aromatic nitrogens is 7. The molecule has 0 atom stereocenters. The molecule has 2 fully saturated rings. The van der Waals surface area contributed by atoms with Gasteiger partial charge in [0, 0.05) is 13.1 Å². The number of pyridine rings is 1. The molecular formula is C26H28N8Se. The first-order valence-corrected chi connectivity index (χ1v) is 14.8. The summed E-state index contributed by atoms with van der Waals surface area (Å²) in [6.45, 7) is 4.11. The molecular weight excluding hydrogens is 503 g/mol. The summed E-state index contributed by atoms with van der Waals surface area (Å²) in [6, 6.07) is 8.75. The van der Waals surface area contributed by atoms with E-state index in [0.717, 1.165) is 40.0 Å². The summed E-state index contributed by atoms with van der Waals surface area (Å²) >= 11 is 0.396. The van der Waals surface area contributed by atoms with Crippen molar-refractivity contribution >= 4 is 36.0 Å². The first-order chi connectivity index (χ1) is 17.2. The van der Waals surface area contributed by atoms with Crippen molar-refractivity contribution < 1.29 is 0 Å². The van der Waals surface area contributed by atoms with E-state index in [-0.39, 0.29) is 0 Å². The molecule has 7 rings (SSSR count). The van der Waals surface area contributed by atoms with Crippen LogP contribution in [0.2, 0.25) is 5.82 Å². The molecule has 0 unspecified atom stereocenters. The van der Waals surface area contributed by atoms with Crippen LogP contribution in [0.25, 0.3) is 27.8 Å². The molecule has 5 aromatic rings. The van der Waals surface area contributed by atoms with Crippen molar-refractivity contribution in [2.75, 3.05) is 13.1 Å². The van der Waals surface area contributed by atoms with Gasteiger partial charge in [0.1, 0.15) is 0 Å². The van der Waals surface area contributed by atoms with Gasteiger partial charge in [0.2, 0.25) is 0 Å². The van der Waals surface area contributed by atoms with Crippen molar-refractivity contribution in [3.8, 4) is 11.3 Å². The maximum atomic E-state index is 4.83. The van der Waals surface area contributed by atoms with Gasteiger partial charge >= 0.3 is 154 Å². The number of fused-ring (bicyclic) bond motifs is 2. The number of hydrogen-bond donors (Lipinski definition) is 1. The molecule has 0 amide bonds. The molecule has 1 aliphatic heterocycles. The van der Waals surface area contributed by atoms with Gasteiger partial charge in [0.05, 0.1) is 0 Å². The van der Waals surface area contributed by atoms with Gasteiger partial charge in [-0.1, -0.05) is 6.42 Å². The third-order valence-corrected chi connectivity index (χ3v) is 9.29. The van der Waals surface area contributed by atoms with Gasteiger partial charge in [-0.25, -0.2) is 0 Å².